The van der Waals surface area contributed by atoms with Gasteiger partial charge in [0, 0.05) is 37.1 Å². The van der Waals surface area contributed by atoms with Crippen LogP contribution < -0.4 is 5.32 Å². The molecule has 2 rings (SSSR count). The van der Waals surface area contributed by atoms with Crippen molar-refractivity contribution in [3.05, 3.63) is 0 Å². The molecule has 2 aliphatic rings. The highest BCUT2D eigenvalue weighted by atomic mass is 33.1. The number of morpholine rings is 1. The monoisotopic (exact) mass is 346 g/mol. The van der Waals surface area contributed by atoms with Crippen LogP contribution in [0.2, 0.25) is 0 Å². The molecule has 2 aliphatic heterocycles. The number of carbonyl (C=O) groups is 1. The van der Waals surface area contributed by atoms with E-state index in [1.807, 2.05) is 21.6 Å². The van der Waals surface area contributed by atoms with Crippen LogP contribution in [0.15, 0.2) is 0 Å². The summed E-state index contributed by atoms with van der Waals surface area (Å²) in [5.41, 5.74) is 0. The van der Waals surface area contributed by atoms with Crippen LogP contribution >= 0.6 is 21.6 Å². The first kappa shape index (κ1) is 18.4. The molecule has 22 heavy (non-hydrogen) atoms. The molecule has 0 unspecified atom stereocenters. The third-order valence-corrected chi connectivity index (χ3v) is 7.24. The van der Waals surface area contributed by atoms with Gasteiger partial charge in [-0.3, -0.25) is 9.69 Å². The van der Waals surface area contributed by atoms with Crippen molar-refractivity contribution < 1.29 is 9.53 Å². The third kappa shape index (κ3) is 8.09. The molecule has 0 aromatic heterocycles. The Morgan fingerprint density at radius 1 is 1.18 bits per heavy atom. The first-order chi connectivity index (χ1) is 10.8. The van der Waals surface area contributed by atoms with Crippen LogP contribution in [0.4, 0.5) is 0 Å². The van der Waals surface area contributed by atoms with Crippen molar-refractivity contribution in [3.63, 3.8) is 0 Å². The van der Waals surface area contributed by atoms with Gasteiger partial charge in [0.05, 0.1) is 13.2 Å². The second-order valence-corrected chi connectivity index (χ2v) is 8.87. The van der Waals surface area contributed by atoms with E-state index in [-0.39, 0.29) is 5.91 Å². The van der Waals surface area contributed by atoms with Crippen molar-refractivity contribution in [1.82, 2.24) is 10.2 Å². The Morgan fingerprint density at radius 3 is 2.82 bits per heavy atom. The van der Waals surface area contributed by atoms with Crippen molar-refractivity contribution >= 4 is 27.5 Å². The zero-order valence-electron chi connectivity index (χ0n) is 13.6. The van der Waals surface area contributed by atoms with Gasteiger partial charge in [0.1, 0.15) is 0 Å². The minimum atomic E-state index is 0.236. The molecule has 4 nitrogen and oxygen atoms in total. The second kappa shape index (κ2) is 11.6. The largest absolute Gasteiger partial charge is 0.379 e. The molecule has 2 fully saturated rings. The lowest BCUT2D eigenvalue weighted by Gasteiger charge is -2.26. The zero-order chi connectivity index (χ0) is 15.5. The molecule has 1 N–H and O–H groups in total. The van der Waals surface area contributed by atoms with Gasteiger partial charge in [0.2, 0.25) is 5.91 Å². The van der Waals surface area contributed by atoms with Gasteiger partial charge < -0.3 is 10.1 Å². The van der Waals surface area contributed by atoms with E-state index in [2.05, 4.69) is 10.2 Å². The maximum Gasteiger partial charge on any atom is 0.219 e. The molecule has 2 heterocycles. The van der Waals surface area contributed by atoms with Crippen molar-refractivity contribution in [3.8, 4) is 0 Å². The van der Waals surface area contributed by atoms with Gasteiger partial charge in [-0.1, -0.05) is 28.0 Å². The summed E-state index contributed by atoms with van der Waals surface area (Å²) < 4.78 is 5.34. The maximum absolute atomic E-state index is 11.8. The predicted octanol–water partition coefficient (Wildman–Crippen LogP) is 2.93. The molecule has 1 amide bonds. The second-order valence-electron chi connectivity index (χ2n) is 6.09. The lowest BCUT2D eigenvalue weighted by Crippen LogP contribution is -2.37. The van der Waals surface area contributed by atoms with Crippen molar-refractivity contribution in [2.24, 2.45) is 0 Å². The molecule has 128 valence electrons. The fraction of sp³-hybridized carbons (Fsp3) is 0.938. The highest BCUT2D eigenvalue weighted by molar-refractivity contribution is 8.77. The Labute approximate surface area is 142 Å². The first-order valence-electron chi connectivity index (χ1n) is 8.69. The summed E-state index contributed by atoms with van der Waals surface area (Å²) in [6, 6.07) is 0. The van der Waals surface area contributed by atoms with E-state index >= 15 is 0 Å². The third-order valence-electron chi connectivity index (χ3n) is 4.23. The van der Waals surface area contributed by atoms with E-state index in [1.165, 1.54) is 25.0 Å². The van der Waals surface area contributed by atoms with E-state index in [0.29, 0.717) is 6.42 Å². The van der Waals surface area contributed by atoms with Gasteiger partial charge in [-0.2, -0.15) is 0 Å². The molecular weight excluding hydrogens is 316 g/mol. The van der Waals surface area contributed by atoms with E-state index < -0.39 is 0 Å². The topological polar surface area (TPSA) is 41.6 Å². The van der Waals surface area contributed by atoms with Crippen molar-refractivity contribution in [2.75, 3.05) is 45.1 Å². The van der Waals surface area contributed by atoms with Crippen LogP contribution in [0, 0.1) is 0 Å². The van der Waals surface area contributed by atoms with Crippen LogP contribution in [0.1, 0.15) is 44.9 Å². The predicted molar refractivity (Wildman–Crippen MR) is 96.4 cm³/mol. The minimum Gasteiger partial charge on any atom is -0.379 e. The lowest BCUT2D eigenvalue weighted by atomic mass is 10.1. The first-order valence-corrected chi connectivity index (χ1v) is 11.1. The molecule has 0 radical (unpaired) electrons. The van der Waals surface area contributed by atoms with Gasteiger partial charge >= 0.3 is 0 Å². The van der Waals surface area contributed by atoms with E-state index in [0.717, 1.165) is 63.9 Å². The lowest BCUT2D eigenvalue weighted by molar-refractivity contribution is -0.121. The van der Waals surface area contributed by atoms with Gasteiger partial charge in [-0.15, -0.1) is 0 Å². The number of ether oxygens (including phenoxy) is 1. The summed E-state index contributed by atoms with van der Waals surface area (Å²) in [6.45, 7) is 5.83. The molecule has 6 heteroatoms. The van der Waals surface area contributed by atoms with Gasteiger partial charge in [-0.25, -0.2) is 0 Å². The number of nitrogens with one attached hydrogen (secondary N) is 1. The summed E-state index contributed by atoms with van der Waals surface area (Å²) in [6.07, 6.45) is 7.82. The number of unbranched alkanes of at least 4 members (excludes halogenated alkanes) is 2. The number of carbonyl (C=O) groups excluding carboxylic acids is 1. The molecular formula is C16H30N2O2S2. The van der Waals surface area contributed by atoms with Crippen LogP contribution in [0.5, 0.6) is 0 Å². The normalized spacial score (nSPS) is 22.8. The summed E-state index contributed by atoms with van der Waals surface area (Å²) in [5, 5.41) is 3.90. The molecule has 2 saturated heterocycles. The zero-order valence-corrected chi connectivity index (χ0v) is 15.2. The molecule has 0 aliphatic carbocycles. The SMILES string of the molecule is O=C(CCCC[C@@H]1CCSS1)NCCCCN1CCOCC1. The van der Waals surface area contributed by atoms with E-state index in [4.69, 9.17) is 4.74 Å². The van der Waals surface area contributed by atoms with E-state index in [1.54, 1.807) is 0 Å². The number of hydrogen-bond acceptors (Lipinski definition) is 5. The average Bonchev–Trinajstić information content (AvgIpc) is 3.06. The highest BCUT2D eigenvalue weighted by Crippen LogP contribution is 2.39. The molecule has 0 aromatic rings. The van der Waals surface area contributed by atoms with E-state index in [9.17, 15) is 4.79 Å². The number of hydrogen-bond donors (Lipinski definition) is 1. The summed E-state index contributed by atoms with van der Waals surface area (Å²) >= 11 is 0. The minimum absolute atomic E-state index is 0.236. The number of nitrogens with zero attached hydrogens (tertiary/aromatic N) is 1. The summed E-state index contributed by atoms with van der Waals surface area (Å²) in [7, 11) is 4.04. The number of amides is 1. The Bertz CT molecular complexity index is 307. The smallest absolute Gasteiger partial charge is 0.219 e. The van der Waals surface area contributed by atoms with Crippen LogP contribution in [0.25, 0.3) is 0 Å². The van der Waals surface area contributed by atoms with Crippen LogP contribution in [0.3, 0.4) is 0 Å². The quantitative estimate of drug-likeness (QED) is 0.486. The Hall–Kier alpha value is 0.0900. The number of rotatable bonds is 10. The summed E-state index contributed by atoms with van der Waals surface area (Å²) in [4.78, 5) is 14.2. The maximum atomic E-state index is 11.8. The fourth-order valence-corrected chi connectivity index (χ4v) is 5.85. The Morgan fingerprint density at radius 2 is 2.05 bits per heavy atom. The summed E-state index contributed by atoms with van der Waals surface area (Å²) in [5.74, 6) is 1.54. The van der Waals surface area contributed by atoms with Crippen molar-refractivity contribution in [2.45, 2.75) is 50.2 Å². The molecule has 0 saturated carbocycles. The standard InChI is InChI=1S/C16H30N2O2S2/c19-16(6-2-1-5-15-7-14-21-22-15)17-8-3-4-9-18-10-12-20-13-11-18/h15H,1-14H2,(H,17,19)/t15-/m1/s1. The van der Waals surface area contributed by atoms with Crippen LogP contribution in [-0.2, 0) is 9.53 Å². The van der Waals surface area contributed by atoms with Crippen molar-refractivity contribution in [1.29, 1.82) is 0 Å². The highest BCUT2D eigenvalue weighted by Gasteiger charge is 2.15. The molecule has 0 aromatic carbocycles. The fourth-order valence-electron chi connectivity index (χ4n) is 2.82. The molecule has 0 spiro atoms. The average molecular weight is 347 g/mol. The molecule has 1 atom stereocenters. The Balaban J connectivity index is 1.36. The van der Waals surface area contributed by atoms with Gasteiger partial charge in [-0.05, 0) is 38.6 Å². The van der Waals surface area contributed by atoms with Crippen LogP contribution in [-0.4, -0.2) is 61.2 Å². The van der Waals surface area contributed by atoms with Gasteiger partial charge in [0.15, 0.2) is 0 Å². The van der Waals surface area contributed by atoms with Gasteiger partial charge in [0.25, 0.3) is 0 Å². The molecule has 0 bridgehead atoms. The Kier molecular flexibility index (Phi) is 9.72.